The van der Waals surface area contributed by atoms with Crippen LogP contribution < -0.4 is 10.6 Å². The molecule has 70 valence electrons. The van der Waals surface area contributed by atoms with E-state index < -0.39 is 0 Å². The summed E-state index contributed by atoms with van der Waals surface area (Å²) in [5, 5.41) is 0. The zero-order valence-corrected chi connectivity index (χ0v) is 8.61. The van der Waals surface area contributed by atoms with Crippen LogP contribution in [0.2, 0.25) is 0 Å². The minimum Gasteiger partial charge on any atom is -0.337 e. The van der Waals surface area contributed by atoms with E-state index in [-0.39, 0.29) is 0 Å². The van der Waals surface area contributed by atoms with E-state index in [1.807, 2.05) is 6.92 Å². The first-order valence-corrected chi connectivity index (χ1v) is 4.74. The van der Waals surface area contributed by atoms with Crippen molar-refractivity contribution in [3.05, 3.63) is 0 Å². The molecule has 2 heteroatoms. The second-order valence-electron chi connectivity index (χ2n) is 2.87. The van der Waals surface area contributed by atoms with Gasteiger partial charge in [-0.15, -0.1) is 0 Å². The van der Waals surface area contributed by atoms with Gasteiger partial charge in [0, 0.05) is 0 Å². The molecule has 0 fully saturated rings. The van der Waals surface area contributed by atoms with E-state index in [9.17, 15) is 0 Å². The normalized spacial score (nSPS) is 9.27. The minimum atomic E-state index is 0.750. The number of nitrogens with two attached hydrogens (primary N) is 1. The van der Waals surface area contributed by atoms with Crippen molar-refractivity contribution in [2.75, 3.05) is 26.7 Å². The van der Waals surface area contributed by atoms with Crippen LogP contribution in [-0.2, 0) is 0 Å². The Kier molecular flexibility index (Phi) is 15.4. The molecule has 0 aromatic heterocycles. The fourth-order valence-corrected chi connectivity index (χ4v) is 0.979. The number of hydrogen-bond acceptors (Lipinski definition) is 1. The third-order valence-corrected chi connectivity index (χ3v) is 1.35. The molecule has 0 radical (unpaired) electrons. The van der Waals surface area contributed by atoms with Crippen molar-refractivity contribution in [2.24, 2.45) is 5.73 Å². The fraction of sp³-hybridized carbons (Fsp3) is 1.00. The molecular formula is C9H25N2+. The van der Waals surface area contributed by atoms with E-state index in [0.29, 0.717) is 0 Å². The highest BCUT2D eigenvalue weighted by molar-refractivity contribution is 4.22. The monoisotopic (exact) mass is 161 g/mol. The molecule has 0 aromatic rings. The van der Waals surface area contributed by atoms with E-state index in [0.717, 1.165) is 6.54 Å². The Hall–Kier alpha value is -0.0800. The van der Waals surface area contributed by atoms with Crippen LogP contribution in [0.25, 0.3) is 0 Å². The maximum absolute atomic E-state index is 4.85. The van der Waals surface area contributed by atoms with Gasteiger partial charge >= 0.3 is 0 Å². The summed E-state index contributed by atoms with van der Waals surface area (Å²) in [5.74, 6) is 0. The lowest BCUT2D eigenvalue weighted by Crippen LogP contribution is -3.08. The zero-order valence-electron chi connectivity index (χ0n) is 8.61. The highest BCUT2D eigenvalue weighted by atomic mass is 15.1. The Balaban J connectivity index is 0. The SMILES string of the molecule is CCC[NH+](C)CCC.CCN. The smallest absolute Gasteiger partial charge is 0.0766 e. The van der Waals surface area contributed by atoms with Gasteiger partial charge in [-0.2, -0.15) is 0 Å². The van der Waals surface area contributed by atoms with Crippen LogP contribution in [0.3, 0.4) is 0 Å². The molecule has 0 amide bonds. The van der Waals surface area contributed by atoms with Crippen LogP contribution >= 0.6 is 0 Å². The van der Waals surface area contributed by atoms with E-state index >= 15 is 0 Å². The second-order valence-corrected chi connectivity index (χ2v) is 2.87. The van der Waals surface area contributed by atoms with Crippen LogP contribution in [0.15, 0.2) is 0 Å². The molecule has 11 heavy (non-hydrogen) atoms. The molecule has 2 nitrogen and oxygen atoms in total. The molecule has 0 saturated heterocycles. The van der Waals surface area contributed by atoms with Crippen molar-refractivity contribution in [1.29, 1.82) is 0 Å². The molecule has 0 rings (SSSR count). The van der Waals surface area contributed by atoms with Crippen molar-refractivity contribution in [1.82, 2.24) is 0 Å². The van der Waals surface area contributed by atoms with E-state index in [4.69, 9.17) is 5.73 Å². The predicted octanol–water partition coefficient (Wildman–Crippen LogP) is 0.286. The van der Waals surface area contributed by atoms with Crippen LogP contribution in [0.5, 0.6) is 0 Å². The van der Waals surface area contributed by atoms with Gasteiger partial charge in [-0.1, -0.05) is 20.8 Å². The van der Waals surface area contributed by atoms with Gasteiger partial charge in [-0.05, 0) is 19.4 Å². The van der Waals surface area contributed by atoms with Crippen molar-refractivity contribution >= 4 is 0 Å². The van der Waals surface area contributed by atoms with Crippen LogP contribution in [0.4, 0.5) is 0 Å². The molecule has 0 atom stereocenters. The Bertz CT molecular complexity index is 49.5. The zero-order chi connectivity index (χ0) is 9.11. The van der Waals surface area contributed by atoms with Crippen molar-refractivity contribution in [3.8, 4) is 0 Å². The lowest BCUT2D eigenvalue weighted by atomic mass is 10.4. The molecule has 0 aliphatic rings. The summed E-state index contributed by atoms with van der Waals surface area (Å²) in [6.07, 6.45) is 2.62. The van der Waals surface area contributed by atoms with Gasteiger partial charge in [0.15, 0.2) is 0 Å². The number of hydrogen-bond donors (Lipinski definition) is 2. The molecule has 0 saturated carbocycles. The molecule has 0 spiro atoms. The standard InChI is InChI=1S/C7H17N.C2H7N/c1-4-6-8(3)7-5-2;1-2-3/h4-7H2,1-3H3;2-3H2,1H3/p+1. The second kappa shape index (κ2) is 12.6. The van der Waals surface area contributed by atoms with Gasteiger partial charge in [0.1, 0.15) is 0 Å². The van der Waals surface area contributed by atoms with Crippen molar-refractivity contribution < 1.29 is 4.90 Å². The number of quaternary nitrogens is 1. The van der Waals surface area contributed by atoms with E-state index in [2.05, 4.69) is 20.9 Å². The highest BCUT2D eigenvalue weighted by Gasteiger charge is 1.93. The Labute approximate surface area is 71.8 Å². The predicted molar refractivity (Wildman–Crippen MR) is 51.9 cm³/mol. The molecule has 0 bridgehead atoms. The summed E-state index contributed by atoms with van der Waals surface area (Å²) >= 11 is 0. The van der Waals surface area contributed by atoms with Crippen molar-refractivity contribution in [2.45, 2.75) is 33.6 Å². The third-order valence-electron chi connectivity index (χ3n) is 1.35. The Morgan fingerprint density at radius 2 is 1.27 bits per heavy atom. The summed E-state index contributed by atoms with van der Waals surface area (Å²) in [7, 11) is 2.26. The lowest BCUT2D eigenvalue weighted by molar-refractivity contribution is -0.879. The summed E-state index contributed by atoms with van der Waals surface area (Å²) < 4.78 is 0. The summed E-state index contributed by atoms with van der Waals surface area (Å²) in [4.78, 5) is 1.66. The Morgan fingerprint density at radius 1 is 1.00 bits per heavy atom. The lowest BCUT2D eigenvalue weighted by Gasteiger charge is -2.09. The van der Waals surface area contributed by atoms with Gasteiger partial charge in [0.25, 0.3) is 0 Å². The molecule has 0 aliphatic carbocycles. The first kappa shape index (κ1) is 13.5. The molecule has 0 unspecified atom stereocenters. The van der Waals surface area contributed by atoms with Crippen LogP contribution in [0.1, 0.15) is 33.6 Å². The van der Waals surface area contributed by atoms with Gasteiger partial charge in [-0.3, -0.25) is 0 Å². The fourth-order valence-electron chi connectivity index (χ4n) is 0.979. The van der Waals surface area contributed by atoms with Gasteiger partial charge < -0.3 is 10.6 Å². The minimum absolute atomic E-state index is 0.750. The van der Waals surface area contributed by atoms with E-state index in [1.165, 1.54) is 25.9 Å². The van der Waals surface area contributed by atoms with Crippen molar-refractivity contribution in [3.63, 3.8) is 0 Å². The van der Waals surface area contributed by atoms with Crippen LogP contribution in [-0.4, -0.2) is 26.7 Å². The average molecular weight is 161 g/mol. The van der Waals surface area contributed by atoms with E-state index in [1.54, 1.807) is 4.90 Å². The quantitative estimate of drug-likeness (QED) is 0.610. The number of nitrogens with one attached hydrogen (secondary N) is 1. The molecule has 0 heterocycles. The molecular weight excluding hydrogens is 136 g/mol. The maximum atomic E-state index is 4.85. The summed E-state index contributed by atoms with van der Waals surface area (Å²) in [6.45, 7) is 9.78. The Morgan fingerprint density at radius 3 is 1.45 bits per heavy atom. The third kappa shape index (κ3) is 17.8. The molecule has 0 aliphatic heterocycles. The molecule has 3 N–H and O–H groups in total. The highest BCUT2D eigenvalue weighted by Crippen LogP contribution is 1.65. The van der Waals surface area contributed by atoms with Gasteiger partial charge in [-0.25, -0.2) is 0 Å². The topological polar surface area (TPSA) is 30.5 Å². The first-order valence-electron chi connectivity index (χ1n) is 4.74. The van der Waals surface area contributed by atoms with Gasteiger partial charge in [0.05, 0.1) is 20.1 Å². The van der Waals surface area contributed by atoms with Crippen LogP contribution in [0, 0.1) is 0 Å². The average Bonchev–Trinajstić information content (AvgIpc) is 1.90. The summed E-state index contributed by atoms with van der Waals surface area (Å²) in [5.41, 5.74) is 4.85. The largest absolute Gasteiger partial charge is 0.337 e. The number of rotatable bonds is 4. The maximum Gasteiger partial charge on any atom is 0.0766 e. The first-order chi connectivity index (χ1) is 5.22. The summed E-state index contributed by atoms with van der Waals surface area (Å²) in [6, 6.07) is 0. The van der Waals surface area contributed by atoms with Gasteiger partial charge in [0.2, 0.25) is 0 Å². The molecule has 0 aromatic carbocycles.